The Balaban J connectivity index is 2.73. The Morgan fingerprint density at radius 2 is 2.44 bits per heavy atom. The van der Waals surface area contributed by atoms with Crippen LogP contribution >= 0.6 is 0 Å². The van der Waals surface area contributed by atoms with E-state index in [0.717, 1.165) is 19.3 Å². The van der Waals surface area contributed by atoms with Crippen LogP contribution in [0.5, 0.6) is 0 Å². The fourth-order valence-corrected chi connectivity index (χ4v) is 1.20. The second-order valence-corrected chi connectivity index (χ2v) is 3.05. The number of rotatable bonds is 0. The molecule has 0 aromatic heterocycles. The molecular formula is C8H14O. The number of ketones is 1. The molecule has 0 aromatic rings. The fourth-order valence-electron chi connectivity index (χ4n) is 1.20. The normalized spacial score (nSPS) is 40.4. The molecule has 0 spiro atoms. The van der Waals surface area contributed by atoms with Gasteiger partial charge in [0.05, 0.1) is 0 Å². The van der Waals surface area contributed by atoms with Crippen molar-refractivity contribution in [3.05, 3.63) is 0 Å². The number of hydrogen-bond donors (Lipinski definition) is 0. The first kappa shape index (κ1) is 4.48. The van der Waals surface area contributed by atoms with E-state index in [1.165, 1.54) is 0 Å². The lowest BCUT2D eigenvalue weighted by molar-refractivity contribution is -0.129. The minimum absolute atomic E-state index is 0.110. The summed E-state index contributed by atoms with van der Waals surface area (Å²) in [5, 5.41) is 0. The molecule has 0 bridgehead atoms. The Morgan fingerprint density at radius 3 is 2.89 bits per heavy atom. The summed E-state index contributed by atoms with van der Waals surface area (Å²) in [5.74, 6) is 0.110. The van der Waals surface area contributed by atoms with Gasteiger partial charge in [-0.1, -0.05) is 20.2 Å². The van der Waals surface area contributed by atoms with Crippen molar-refractivity contribution in [1.82, 2.24) is 0 Å². The Morgan fingerprint density at radius 1 is 1.67 bits per heavy atom. The molecule has 52 valence electrons. The molecule has 0 aliphatic heterocycles. The zero-order valence-electron chi connectivity index (χ0n) is 7.81. The van der Waals surface area contributed by atoms with Gasteiger partial charge in [0.25, 0.3) is 0 Å². The molecule has 1 saturated carbocycles. The van der Waals surface area contributed by atoms with E-state index in [1.807, 2.05) is 0 Å². The molecule has 0 saturated heterocycles. The summed E-state index contributed by atoms with van der Waals surface area (Å²) in [4.78, 5) is 11.3. The van der Waals surface area contributed by atoms with Crippen LogP contribution in [0.4, 0.5) is 0 Å². The maximum absolute atomic E-state index is 11.3. The van der Waals surface area contributed by atoms with Crippen LogP contribution in [0, 0.1) is 5.41 Å². The highest BCUT2D eigenvalue weighted by molar-refractivity contribution is 5.84. The van der Waals surface area contributed by atoms with Gasteiger partial charge in [-0.2, -0.15) is 0 Å². The van der Waals surface area contributed by atoms with Crippen molar-refractivity contribution in [3.63, 3.8) is 0 Å². The van der Waals surface area contributed by atoms with Gasteiger partial charge in [0.15, 0.2) is 0 Å². The molecule has 9 heavy (non-hydrogen) atoms. The molecule has 1 rings (SSSR count). The summed E-state index contributed by atoms with van der Waals surface area (Å²) < 4.78 is 14.5. The van der Waals surface area contributed by atoms with Crippen LogP contribution in [0.3, 0.4) is 0 Å². The summed E-state index contributed by atoms with van der Waals surface area (Å²) in [6, 6.07) is 0. The smallest absolute Gasteiger partial charge is 0.138 e. The van der Waals surface area contributed by atoms with E-state index >= 15 is 0 Å². The molecule has 0 N–H and O–H groups in total. The first-order valence-electron chi connectivity index (χ1n) is 4.60. The highest BCUT2D eigenvalue weighted by Crippen LogP contribution is 2.31. The SMILES string of the molecule is [2H]C([2H])[C@@]1(C)CCCCC1=O. The summed E-state index contributed by atoms with van der Waals surface area (Å²) in [5.41, 5.74) is -0.668. The third kappa shape index (κ3) is 1.32. The van der Waals surface area contributed by atoms with Crippen LogP contribution in [0.2, 0.25) is 0 Å². The third-order valence-electron chi connectivity index (χ3n) is 1.99. The number of hydrogen-bond acceptors (Lipinski definition) is 1. The Hall–Kier alpha value is -0.330. The zero-order chi connectivity index (χ0) is 8.48. The standard InChI is InChI=1S/C8H14O/c1-8(2)6-4-3-5-7(8)9/h3-6H2,1-2H3/i1D2/t8-/m1/s1. The minimum Gasteiger partial charge on any atom is -0.299 e. The first-order chi connectivity index (χ1) is 5.07. The molecule has 0 radical (unpaired) electrons. The molecule has 1 aliphatic rings. The molecule has 1 atom stereocenters. The summed E-state index contributed by atoms with van der Waals surface area (Å²) >= 11 is 0. The number of Topliss-reactive ketones (excluding diaryl/α,β-unsaturated/α-hetero) is 1. The van der Waals surface area contributed by atoms with Crippen LogP contribution in [0.1, 0.15) is 42.2 Å². The highest BCUT2D eigenvalue weighted by Gasteiger charge is 2.29. The van der Waals surface area contributed by atoms with Gasteiger partial charge in [0.1, 0.15) is 5.78 Å². The lowest BCUT2D eigenvalue weighted by Crippen LogP contribution is -2.27. The molecular weight excluding hydrogens is 112 g/mol. The Labute approximate surface area is 59.3 Å². The Kier molecular flexibility index (Phi) is 1.06. The second-order valence-electron chi connectivity index (χ2n) is 3.05. The van der Waals surface area contributed by atoms with Crippen molar-refractivity contribution in [2.45, 2.75) is 39.5 Å². The van der Waals surface area contributed by atoms with Gasteiger partial charge in [-0.15, -0.1) is 0 Å². The van der Waals surface area contributed by atoms with Crippen molar-refractivity contribution in [3.8, 4) is 0 Å². The predicted octanol–water partition coefficient (Wildman–Crippen LogP) is 2.16. The lowest BCUT2D eigenvalue weighted by Gasteiger charge is -2.27. The maximum Gasteiger partial charge on any atom is 0.138 e. The minimum atomic E-state index is -0.990. The highest BCUT2D eigenvalue weighted by atomic mass is 16.1. The average molecular weight is 128 g/mol. The van der Waals surface area contributed by atoms with Gasteiger partial charge in [-0.3, -0.25) is 4.79 Å². The van der Waals surface area contributed by atoms with Crippen molar-refractivity contribution in [2.75, 3.05) is 0 Å². The largest absolute Gasteiger partial charge is 0.299 e. The quantitative estimate of drug-likeness (QED) is 0.488. The summed E-state index contributed by atoms with van der Waals surface area (Å²) in [7, 11) is 0. The second kappa shape index (κ2) is 2.13. The first-order valence-corrected chi connectivity index (χ1v) is 3.45. The van der Waals surface area contributed by atoms with Crippen molar-refractivity contribution in [1.29, 1.82) is 0 Å². The molecule has 0 unspecified atom stereocenters. The molecule has 0 aromatic carbocycles. The van der Waals surface area contributed by atoms with E-state index in [0.29, 0.717) is 6.42 Å². The third-order valence-corrected chi connectivity index (χ3v) is 1.99. The predicted molar refractivity (Wildman–Crippen MR) is 37.3 cm³/mol. The monoisotopic (exact) mass is 128 g/mol. The maximum atomic E-state index is 11.3. The molecule has 1 nitrogen and oxygen atoms in total. The van der Waals surface area contributed by atoms with Gasteiger partial charge in [-0.05, 0) is 12.8 Å². The van der Waals surface area contributed by atoms with Crippen molar-refractivity contribution in [2.24, 2.45) is 5.41 Å². The van der Waals surface area contributed by atoms with E-state index in [-0.39, 0.29) is 5.78 Å². The van der Waals surface area contributed by atoms with Crippen LogP contribution in [-0.4, -0.2) is 5.78 Å². The van der Waals surface area contributed by atoms with E-state index in [2.05, 4.69) is 0 Å². The zero-order valence-corrected chi connectivity index (χ0v) is 5.81. The molecule has 1 heteroatoms. The molecule has 1 fully saturated rings. The lowest BCUT2D eigenvalue weighted by atomic mass is 9.76. The molecule has 1 aliphatic carbocycles. The number of carbonyl (C=O) groups excluding carboxylic acids is 1. The van der Waals surface area contributed by atoms with Gasteiger partial charge >= 0.3 is 0 Å². The van der Waals surface area contributed by atoms with E-state index in [1.54, 1.807) is 6.92 Å². The van der Waals surface area contributed by atoms with Crippen molar-refractivity contribution >= 4 is 5.78 Å². The van der Waals surface area contributed by atoms with E-state index in [9.17, 15) is 4.79 Å². The van der Waals surface area contributed by atoms with E-state index in [4.69, 9.17) is 2.74 Å². The van der Waals surface area contributed by atoms with Crippen LogP contribution in [0.25, 0.3) is 0 Å². The van der Waals surface area contributed by atoms with E-state index < -0.39 is 12.3 Å². The molecule has 0 amide bonds. The molecule has 0 heterocycles. The number of carbonyl (C=O) groups is 1. The van der Waals surface area contributed by atoms with Gasteiger partial charge in [0, 0.05) is 14.6 Å². The van der Waals surface area contributed by atoms with Gasteiger partial charge in [0.2, 0.25) is 0 Å². The van der Waals surface area contributed by atoms with Gasteiger partial charge in [-0.25, -0.2) is 0 Å². The summed E-state index contributed by atoms with van der Waals surface area (Å²) in [6.07, 6.45) is 3.24. The van der Waals surface area contributed by atoms with Crippen LogP contribution in [0.15, 0.2) is 0 Å². The van der Waals surface area contributed by atoms with Crippen LogP contribution < -0.4 is 0 Å². The van der Waals surface area contributed by atoms with Crippen LogP contribution in [-0.2, 0) is 4.79 Å². The van der Waals surface area contributed by atoms with Crippen molar-refractivity contribution < 1.29 is 7.54 Å². The van der Waals surface area contributed by atoms with Gasteiger partial charge < -0.3 is 0 Å². The summed E-state index contributed by atoms with van der Waals surface area (Å²) in [6.45, 7) is 0.759. The fraction of sp³-hybridized carbons (Fsp3) is 0.875. The average Bonchev–Trinajstić information content (AvgIpc) is 1.95. The topological polar surface area (TPSA) is 17.1 Å². The Bertz CT molecular complexity index is 167.